The van der Waals surface area contributed by atoms with E-state index in [1.165, 1.54) is 37.4 Å². The van der Waals surface area contributed by atoms with Gasteiger partial charge in [0.25, 0.3) is 5.91 Å². The molecule has 0 radical (unpaired) electrons. The van der Waals surface area contributed by atoms with E-state index in [0.717, 1.165) is 4.90 Å². The number of guanidine groups is 1. The number of benzene rings is 1. The minimum Gasteiger partial charge on any atom is -0.481 e. The molecular weight excluding hydrogens is 1020 g/mol. The summed E-state index contributed by atoms with van der Waals surface area (Å²) >= 11 is 0. The predicted octanol–water partition coefficient (Wildman–Crippen LogP) is -6.65. The smallest absolute Gasteiger partial charge is 0.475 e. The number of rotatable bonds is 25. The minimum atomic E-state index is -1.93. The van der Waals surface area contributed by atoms with Crippen molar-refractivity contribution in [2.75, 3.05) is 103 Å². The normalized spacial score (nSPS) is 18.3. The molecule has 0 aliphatic carbocycles. The lowest BCUT2D eigenvalue weighted by Crippen LogP contribution is -2.53. The van der Waals surface area contributed by atoms with Crippen LogP contribution in [-0.4, -0.2) is 266 Å². The van der Waals surface area contributed by atoms with Crippen molar-refractivity contribution in [3.8, 4) is 0 Å². The number of pyridine rings is 1. The highest BCUT2D eigenvalue weighted by atomic mass is 16.4. The number of hydrogen-bond donors (Lipinski definition) is 14. The van der Waals surface area contributed by atoms with Crippen LogP contribution in [0.5, 0.6) is 0 Å². The lowest BCUT2D eigenvalue weighted by atomic mass is 9.77. The Balaban J connectivity index is 1.44. The minimum absolute atomic E-state index is 0.000787. The summed E-state index contributed by atoms with van der Waals surface area (Å²) in [5.74, 6) is -11.3. The molecule has 4 rings (SSSR count). The number of carbonyl (C=O) groups is 10. The van der Waals surface area contributed by atoms with Gasteiger partial charge in [-0.25, -0.2) is 0 Å². The second-order valence-electron chi connectivity index (χ2n) is 18.4. The lowest BCUT2D eigenvalue weighted by Gasteiger charge is -2.33. The van der Waals surface area contributed by atoms with E-state index in [-0.39, 0.29) is 126 Å². The number of aliphatic hydroxyl groups excluding tert-OH is 1. The molecule has 0 saturated carbocycles. The maximum Gasteiger partial charge on any atom is 0.475 e. The zero-order valence-electron chi connectivity index (χ0n) is 42.3. The van der Waals surface area contributed by atoms with E-state index >= 15 is 0 Å². The summed E-state index contributed by atoms with van der Waals surface area (Å²) in [5.41, 5.74) is 10.9. The highest BCUT2D eigenvalue weighted by Crippen LogP contribution is 2.25. The Bertz CT molecular complexity index is 2450. The highest BCUT2D eigenvalue weighted by molar-refractivity contribution is 6.43. The van der Waals surface area contributed by atoms with Crippen molar-refractivity contribution < 1.29 is 83.5 Å². The Morgan fingerprint density at radius 2 is 1.27 bits per heavy atom. The number of carboxylic acid groups (broad SMARTS) is 4. The molecule has 2 aliphatic rings. The molecule has 1 aromatic carbocycles. The number of carbonyl (C=O) groups excluding carboxylic acids is 6. The van der Waals surface area contributed by atoms with Gasteiger partial charge in [0.2, 0.25) is 29.5 Å². The number of para-hydroxylation sites is 1. The van der Waals surface area contributed by atoms with Crippen LogP contribution in [0.25, 0.3) is 10.9 Å². The summed E-state index contributed by atoms with van der Waals surface area (Å²) < 4.78 is 0. The van der Waals surface area contributed by atoms with Crippen molar-refractivity contribution in [1.29, 1.82) is 0 Å². The fraction of sp³-hybridized carbons (Fsp3) is 0.556. The Kier molecular flexibility index (Phi) is 24.3. The molecule has 16 N–H and O–H groups in total. The van der Waals surface area contributed by atoms with Crippen molar-refractivity contribution in [2.24, 2.45) is 16.5 Å². The Hall–Kier alpha value is -7.62. The second kappa shape index (κ2) is 30.2. The van der Waals surface area contributed by atoms with E-state index in [1.54, 1.807) is 19.6 Å². The molecule has 5 atom stereocenters. The van der Waals surface area contributed by atoms with E-state index in [0.29, 0.717) is 0 Å². The quantitative estimate of drug-likeness (QED) is 0.0190. The van der Waals surface area contributed by atoms with Crippen LogP contribution in [-0.2, 0) is 43.2 Å². The maximum atomic E-state index is 13.7. The van der Waals surface area contributed by atoms with Gasteiger partial charge in [-0.05, 0) is 38.3 Å². The van der Waals surface area contributed by atoms with Crippen molar-refractivity contribution in [3.63, 3.8) is 0 Å². The number of hydrogen-bond acceptors (Lipinski definition) is 19. The summed E-state index contributed by atoms with van der Waals surface area (Å²) in [6.45, 7) is -0.122. The molecule has 2 fully saturated rings. The van der Waals surface area contributed by atoms with Crippen LogP contribution in [0.2, 0.25) is 0 Å². The summed E-state index contributed by atoms with van der Waals surface area (Å²) in [6.07, 6.45) is -0.704. The first-order chi connectivity index (χ1) is 36.4. The fourth-order valence-corrected chi connectivity index (χ4v) is 8.58. The SMILES string of the molecule is C[C@@H](NC(=O)c1ccnc2c(NC(=O)[C@H](CC(=O)O)NC(=O)CNC(=O)[C@H](CCCN=C(N)N)NC(=O)CN3CCN(CC(=O)O)CCN(CC(=O)O)CCN(CC(=O)O)CC3)cccc12)C(=O)N1C[C@@H](O)C[C@H]1B(O)O. The first-order valence-electron chi connectivity index (χ1n) is 24.4. The van der Waals surface area contributed by atoms with Gasteiger partial charge in [-0.2, -0.15) is 0 Å². The zero-order chi connectivity index (χ0) is 56.9. The molecule has 32 heteroatoms. The van der Waals surface area contributed by atoms with Crippen molar-refractivity contribution >= 4 is 89.0 Å². The van der Waals surface area contributed by atoms with E-state index in [4.69, 9.17) is 11.5 Å². The van der Waals surface area contributed by atoms with Crippen LogP contribution in [0.3, 0.4) is 0 Å². The number of carboxylic acids is 4. The molecule has 6 amide bonds. The van der Waals surface area contributed by atoms with Crippen molar-refractivity contribution in [3.05, 3.63) is 36.0 Å². The number of fused-ring (bicyclic) bond motifs is 1. The average Bonchev–Trinajstić information content (AvgIpc) is 3.75. The largest absolute Gasteiger partial charge is 0.481 e. The summed E-state index contributed by atoms with van der Waals surface area (Å²) in [5, 5.41) is 80.2. The Morgan fingerprint density at radius 3 is 1.79 bits per heavy atom. The summed E-state index contributed by atoms with van der Waals surface area (Å²) in [6, 6.07) is 1.41. The highest BCUT2D eigenvalue weighted by Gasteiger charge is 2.42. The molecule has 77 heavy (non-hydrogen) atoms. The number of amides is 6. The third-order valence-corrected chi connectivity index (χ3v) is 12.4. The molecule has 2 aromatic rings. The van der Waals surface area contributed by atoms with Crippen LogP contribution < -0.4 is 38.1 Å². The number of aliphatic carboxylic acids is 4. The van der Waals surface area contributed by atoms with Gasteiger partial charge in [0.05, 0.1) is 68.0 Å². The van der Waals surface area contributed by atoms with E-state index in [1.807, 2.05) is 0 Å². The molecule has 2 aliphatic heterocycles. The number of nitrogens with two attached hydrogens (primary N) is 2. The number of β-amino-alcohol motifs (C(OH)–C–C–N with tert-alkyl or cyclic N) is 1. The van der Waals surface area contributed by atoms with E-state index in [2.05, 4.69) is 36.6 Å². The van der Waals surface area contributed by atoms with Gasteiger partial charge in [0.15, 0.2) is 5.96 Å². The number of likely N-dealkylation sites (tertiary alicyclic amines) is 1. The van der Waals surface area contributed by atoms with E-state index < -0.39 is 123 Å². The van der Waals surface area contributed by atoms with Crippen LogP contribution in [0.1, 0.15) is 43.0 Å². The third kappa shape index (κ3) is 20.8. The maximum absolute atomic E-state index is 13.7. The van der Waals surface area contributed by atoms with Gasteiger partial charge < -0.3 is 78.5 Å². The second-order valence-corrected chi connectivity index (χ2v) is 18.4. The average molecular weight is 1090 g/mol. The monoisotopic (exact) mass is 1090 g/mol. The molecule has 1 aromatic heterocycles. The third-order valence-electron chi connectivity index (χ3n) is 12.4. The van der Waals surface area contributed by atoms with Gasteiger partial charge in [-0.1, -0.05) is 12.1 Å². The van der Waals surface area contributed by atoms with Crippen LogP contribution in [0, 0.1) is 0 Å². The van der Waals surface area contributed by atoms with Gasteiger partial charge in [-0.3, -0.25) is 77.5 Å². The van der Waals surface area contributed by atoms with Crippen LogP contribution in [0.4, 0.5) is 5.69 Å². The molecule has 0 bridgehead atoms. The van der Waals surface area contributed by atoms with Gasteiger partial charge in [-0.15, -0.1) is 0 Å². The first kappa shape index (κ1) is 61.9. The van der Waals surface area contributed by atoms with E-state index in [9.17, 15) is 83.5 Å². The zero-order valence-corrected chi connectivity index (χ0v) is 42.3. The molecule has 3 heterocycles. The molecule has 422 valence electrons. The van der Waals surface area contributed by atoms with Crippen LogP contribution >= 0.6 is 0 Å². The van der Waals surface area contributed by atoms with Gasteiger partial charge in [0.1, 0.15) is 18.1 Å². The van der Waals surface area contributed by atoms with Crippen molar-refractivity contribution in [1.82, 2.24) is 50.8 Å². The number of nitrogens with one attached hydrogen (secondary N) is 5. The topological polar surface area (TPSA) is 466 Å². The fourth-order valence-electron chi connectivity index (χ4n) is 8.58. The summed E-state index contributed by atoms with van der Waals surface area (Å²) in [4.78, 5) is 143. The molecule has 31 nitrogen and oxygen atoms in total. The Morgan fingerprint density at radius 1 is 0.727 bits per heavy atom. The number of aromatic nitrogens is 1. The first-order valence-corrected chi connectivity index (χ1v) is 24.4. The van der Waals surface area contributed by atoms with Gasteiger partial charge >= 0.3 is 31.0 Å². The predicted molar refractivity (Wildman–Crippen MR) is 271 cm³/mol. The standard InChI is InChI=1S/C45H67BN14O17/c1-26(44(75)60-21-27(61)18-33(60)46(76)77)52-41(72)29-7-9-49-40-28(29)4-2-5-30(40)55-43(74)32(19-36(64)65)54-34(62)20-51-42(73)31(6-3-8-50-45(47)48)53-35(63)22-56-10-12-57(23-37(66)67)14-16-59(25-39(70)71)17-15-58(13-11-56)24-38(68)69/h2,4-5,7,9,26-27,31-33,61,76-77H,3,6,8,10-25H2,1H3,(H,51,73)(H,52,72)(H,53,63)(H,54,62)(H,55,74)(H,64,65)(H,66,67)(H,68,69)(H,70,71)(H4,47,48,50)/t26-,27+,31+,32+,33+/m1/s1. The van der Waals surface area contributed by atoms with Gasteiger partial charge in [0, 0.05) is 77.0 Å². The number of aliphatic hydroxyl groups is 1. The summed E-state index contributed by atoms with van der Waals surface area (Å²) in [7, 11) is -1.93. The molecule has 0 unspecified atom stereocenters. The molecule has 0 spiro atoms. The number of aliphatic imine (C=N–C) groups is 1. The molecule has 2 saturated heterocycles. The lowest BCUT2D eigenvalue weighted by molar-refractivity contribution is -0.140. The van der Waals surface area contributed by atoms with Crippen LogP contribution in [0.15, 0.2) is 35.5 Å². The van der Waals surface area contributed by atoms with Crippen molar-refractivity contribution in [2.45, 2.75) is 62.8 Å². The number of nitrogens with zero attached hydrogens (tertiary/aromatic N) is 7. The number of anilines is 1. The Labute approximate surface area is 441 Å². The molecular formula is C45H67BN14O17.